The van der Waals surface area contributed by atoms with Crippen LogP contribution >= 0.6 is 0 Å². The largest absolute Gasteiger partial charge is 0.309 e. The molecule has 0 saturated carbocycles. The minimum absolute atomic E-state index is 1.15. The SMILES string of the molecule is c1ccc(-c2cc3ccc4cccc5c4c3c(c2)n5-c2cccc(-n3c4cccc5ccc6cc(-c7ccccc7)cc3c6c54)c2)cc1. The molecule has 0 aliphatic heterocycles. The molecule has 48 heavy (non-hydrogen) atoms. The highest BCUT2D eigenvalue weighted by Crippen LogP contribution is 2.43. The Kier molecular flexibility index (Phi) is 5.14. The quantitative estimate of drug-likeness (QED) is 0.176. The lowest BCUT2D eigenvalue weighted by atomic mass is 9.97. The van der Waals surface area contributed by atoms with Gasteiger partial charge in [0.2, 0.25) is 0 Å². The lowest BCUT2D eigenvalue weighted by Gasteiger charge is -2.14. The molecule has 0 spiro atoms. The molecule has 222 valence electrons. The van der Waals surface area contributed by atoms with Crippen LogP contribution in [0, 0.1) is 0 Å². The molecule has 0 amide bonds. The van der Waals surface area contributed by atoms with Gasteiger partial charge >= 0.3 is 0 Å². The van der Waals surface area contributed by atoms with Crippen LogP contribution in [0.2, 0.25) is 0 Å². The maximum absolute atomic E-state index is 2.47. The molecule has 11 aromatic rings. The Labute approximate surface area is 277 Å². The van der Waals surface area contributed by atoms with Crippen LogP contribution in [0.15, 0.2) is 170 Å². The Bertz CT molecular complexity index is 2780. The summed E-state index contributed by atoms with van der Waals surface area (Å²) in [6.07, 6.45) is 0. The van der Waals surface area contributed by atoms with Gasteiger partial charge in [0.15, 0.2) is 0 Å². The van der Waals surface area contributed by atoms with Crippen molar-refractivity contribution in [3.8, 4) is 33.6 Å². The van der Waals surface area contributed by atoms with Crippen LogP contribution < -0.4 is 0 Å². The molecule has 0 aliphatic carbocycles. The van der Waals surface area contributed by atoms with E-state index in [1.165, 1.54) is 87.4 Å². The summed E-state index contributed by atoms with van der Waals surface area (Å²) in [6, 6.07) is 62.5. The molecule has 2 heterocycles. The van der Waals surface area contributed by atoms with Gasteiger partial charge in [0.1, 0.15) is 0 Å². The molecular formula is C46H28N2. The summed E-state index contributed by atoms with van der Waals surface area (Å²) < 4.78 is 4.95. The second kappa shape index (κ2) is 9.57. The molecule has 2 nitrogen and oxygen atoms in total. The van der Waals surface area contributed by atoms with Gasteiger partial charge in [0.25, 0.3) is 0 Å². The van der Waals surface area contributed by atoms with Gasteiger partial charge in [-0.05, 0) is 98.4 Å². The summed E-state index contributed by atoms with van der Waals surface area (Å²) in [5, 5.41) is 10.4. The lowest BCUT2D eigenvalue weighted by Crippen LogP contribution is -1.98. The van der Waals surface area contributed by atoms with Crippen LogP contribution in [0.25, 0.3) is 98.8 Å². The number of rotatable bonds is 4. The van der Waals surface area contributed by atoms with Crippen LogP contribution in [0.5, 0.6) is 0 Å². The predicted octanol–water partition coefficient (Wildman–Crippen LogP) is 12.4. The highest BCUT2D eigenvalue weighted by Gasteiger charge is 2.21. The maximum Gasteiger partial charge on any atom is 0.0553 e. The zero-order valence-corrected chi connectivity index (χ0v) is 26.1. The van der Waals surface area contributed by atoms with Gasteiger partial charge in [-0.2, -0.15) is 0 Å². The van der Waals surface area contributed by atoms with Crippen molar-refractivity contribution in [3.05, 3.63) is 170 Å². The van der Waals surface area contributed by atoms with Gasteiger partial charge in [0.05, 0.1) is 22.1 Å². The highest BCUT2D eigenvalue weighted by molar-refractivity contribution is 6.26. The first-order valence-corrected chi connectivity index (χ1v) is 16.6. The molecule has 2 aromatic heterocycles. The number of hydrogen-bond donors (Lipinski definition) is 0. The second-order valence-electron chi connectivity index (χ2n) is 13.0. The Morgan fingerprint density at radius 3 is 1.15 bits per heavy atom. The molecular weight excluding hydrogens is 581 g/mol. The van der Waals surface area contributed by atoms with Crippen LogP contribution in [0.4, 0.5) is 0 Å². The maximum atomic E-state index is 2.47. The molecule has 0 bridgehead atoms. The third-order valence-electron chi connectivity index (χ3n) is 10.4. The van der Waals surface area contributed by atoms with Gasteiger partial charge < -0.3 is 9.13 Å². The van der Waals surface area contributed by atoms with Crippen molar-refractivity contribution in [1.82, 2.24) is 9.13 Å². The topological polar surface area (TPSA) is 9.86 Å². The summed E-state index contributed by atoms with van der Waals surface area (Å²) in [5.74, 6) is 0. The van der Waals surface area contributed by atoms with E-state index in [9.17, 15) is 0 Å². The zero-order valence-electron chi connectivity index (χ0n) is 26.1. The van der Waals surface area contributed by atoms with E-state index in [0.29, 0.717) is 0 Å². The van der Waals surface area contributed by atoms with E-state index in [2.05, 4.69) is 179 Å². The third-order valence-corrected chi connectivity index (χ3v) is 10.4. The first-order valence-electron chi connectivity index (χ1n) is 16.6. The van der Waals surface area contributed by atoms with Crippen molar-refractivity contribution in [2.24, 2.45) is 0 Å². The number of benzene rings is 9. The second-order valence-corrected chi connectivity index (χ2v) is 13.0. The molecule has 0 fully saturated rings. The Balaban J connectivity index is 1.21. The van der Waals surface area contributed by atoms with Crippen LogP contribution in [-0.4, -0.2) is 9.13 Å². The van der Waals surface area contributed by atoms with Crippen molar-refractivity contribution in [3.63, 3.8) is 0 Å². The molecule has 0 saturated heterocycles. The number of aromatic nitrogens is 2. The normalized spacial score (nSPS) is 12.2. The molecule has 0 unspecified atom stereocenters. The molecule has 0 aliphatic rings. The standard InChI is InChI=1S/C46H28N2/c1-3-10-29(11-4-1)35-24-33-22-20-31-14-7-18-39-43(31)45(33)41(26-35)47(39)37-16-9-17-38(28-37)48-40-19-8-15-32-21-23-34-25-36(30-12-5-2-6-13-30)27-42(48)46(34)44(32)40/h1-28H. The summed E-state index contributed by atoms with van der Waals surface area (Å²) in [6.45, 7) is 0. The Morgan fingerprint density at radius 2 is 0.667 bits per heavy atom. The molecule has 2 heteroatoms. The Morgan fingerprint density at radius 1 is 0.250 bits per heavy atom. The lowest BCUT2D eigenvalue weighted by molar-refractivity contribution is 1.13. The van der Waals surface area contributed by atoms with E-state index in [1.54, 1.807) is 0 Å². The zero-order chi connectivity index (χ0) is 31.3. The summed E-state index contributed by atoms with van der Waals surface area (Å²) in [5.41, 5.74) is 12.2. The molecule has 11 rings (SSSR count). The van der Waals surface area contributed by atoms with Crippen molar-refractivity contribution >= 4 is 65.2 Å². The van der Waals surface area contributed by atoms with Crippen LogP contribution in [0.3, 0.4) is 0 Å². The third kappa shape index (κ3) is 3.52. The molecule has 0 radical (unpaired) electrons. The fourth-order valence-electron chi connectivity index (χ4n) is 8.31. The van der Waals surface area contributed by atoms with Crippen molar-refractivity contribution in [1.29, 1.82) is 0 Å². The average Bonchev–Trinajstić information content (AvgIpc) is 3.68. The highest BCUT2D eigenvalue weighted by atomic mass is 15.0. The summed E-state index contributed by atoms with van der Waals surface area (Å²) >= 11 is 0. The fraction of sp³-hybridized carbons (Fsp3) is 0. The van der Waals surface area contributed by atoms with E-state index >= 15 is 0 Å². The monoisotopic (exact) mass is 608 g/mol. The van der Waals surface area contributed by atoms with Crippen molar-refractivity contribution in [2.75, 3.05) is 0 Å². The van der Waals surface area contributed by atoms with Gasteiger partial charge in [-0.25, -0.2) is 0 Å². The summed E-state index contributed by atoms with van der Waals surface area (Å²) in [4.78, 5) is 0. The summed E-state index contributed by atoms with van der Waals surface area (Å²) in [7, 11) is 0. The van der Waals surface area contributed by atoms with Gasteiger partial charge in [-0.1, -0.05) is 115 Å². The van der Waals surface area contributed by atoms with Crippen molar-refractivity contribution in [2.45, 2.75) is 0 Å². The van der Waals surface area contributed by atoms with Gasteiger partial charge in [-0.3, -0.25) is 0 Å². The number of hydrogen-bond acceptors (Lipinski definition) is 0. The van der Waals surface area contributed by atoms with Gasteiger partial charge in [-0.15, -0.1) is 0 Å². The first kappa shape index (κ1) is 25.8. The van der Waals surface area contributed by atoms with E-state index in [1.807, 2.05) is 0 Å². The molecule has 9 aromatic carbocycles. The van der Waals surface area contributed by atoms with E-state index in [0.717, 1.165) is 11.4 Å². The van der Waals surface area contributed by atoms with Crippen LogP contribution in [0.1, 0.15) is 0 Å². The first-order chi connectivity index (χ1) is 23.8. The average molecular weight is 609 g/mol. The molecule has 0 atom stereocenters. The van der Waals surface area contributed by atoms with E-state index < -0.39 is 0 Å². The predicted molar refractivity (Wildman–Crippen MR) is 203 cm³/mol. The van der Waals surface area contributed by atoms with Crippen LogP contribution in [-0.2, 0) is 0 Å². The smallest absolute Gasteiger partial charge is 0.0553 e. The minimum Gasteiger partial charge on any atom is -0.309 e. The Hall–Kier alpha value is -6.38. The van der Waals surface area contributed by atoms with Crippen molar-refractivity contribution < 1.29 is 0 Å². The number of nitrogens with zero attached hydrogens (tertiary/aromatic N) is 2. The fourth-order valence-corrected chi connectivity index (χ4v) is 8.31. The minimum atomic E-state index is 1.15. The molecule has 0 N–H and O–H groups in total. The van der Waals surface area contributed by atoms with E-state index in [4.69, 9.17) is 0 Å². The van der Waals surface area contributed by atoms with E-state index in [-0.39, 0.29) is 0 Å². The van der Waals surface area contributed by atoms with Gasteiger partial charge in [0, 0.05) is 32.9 Å².